The van der Waals surface area contributed by atoms with Crippen LogP contribution in [-0.2, 0) is 4.74 Å². The Morgan fingerprint density at radius 3 is 2.64 bits per heavy atom. The minimum atomic E-state index is -0.622. The van der Waals surface area contributed by atoms with E-state index in [1.807, 2.05) is 0 Å². The summed E-state index contributed by atoms with van der Waals surface area (Å²) in [4.78, 5) is 31.8. The normalized spacial score (nSPS) is 16.2. The van der Waals surface area contributed by atoms with Crippen molar-refractivity contribution in [3.05, 3.63) is 42.2 Å². The summed E-state index contributed by atoms with van der Waals surface area (Å²) >= 11 is 0. The summed E-state index contributed by atoms with van der Waals surface area (Å²) < 4.78 is 5.20. The number of amides is 2. The lowest BCUT2D eigenvalue weighted by Crippen LogP contribution is -2.25. The number of nitrogens with one attached hydrogen (secondary N) is 3. The highest BCUT2D eigenvalue weighted by molar-refractivity contribution is 6.05. The Balaban J connectivity index is 1.57. The molecule has 1 saturated heterocycles. The van der Waals surface area contributed by atoms with Crippen LogP contribution in [0.1, 0.15) is 16.8 Å². The van der Waals surface area contributed by atoms with E-state index in [0.29, 0.717) is 17.9 Å². The molecule has 2 amide bonds. The fraction of sp³-hybridized carbons (Fsp3) is 0.250. The monoisotopic (exact) mass is 342 g/mol. The molecule has 0 aliphatic carbocycles. The minimum Gasteiger partial charge on any atom is -0.445 e. The lowest BCUT2D eigenvalue weighted by molar-refractivity contribution is 0.102. The van der Waals surface area contributed by atoms with Crippen molar-refractivity contribution >= 4 is 29.3 Å². The topological polar surface area (TPSA) is 131 Å². The third-order valence-corrected chi connectivity index (χ3v) is 3.63. The van der Waals surface area contributed by atoms with Crippen molar-refractivity contribution in [1.82, 2.24) is 15.3 Å². The van der Waals surface area contributed by atoms with Crippen LogP contribution in [0.5, 0.6) is 0 Å². The predicted octanol–water partition coefficient (Wildman–Crippen LogP) is 1.22. The van der Waals surface area contributed by atoms with Gasteiger partial charge in [0.15, 0.2) is 0 Å². The second kappa shape index (κ2) is 7.58. The molecule has 0 radical (unpaired) electrons. The zero-order valence-corrected chi connectivity index (χ0v) is 13.4. The number of nitrogens with two attached hydrogens (primary N) is 1. The van der Waals surface area contributed by atoms with Gasteiger partial charge in [0.1, 0.15) is 6.10 Å². The second-order valence-corrected chi connectivity index (χ2v) is 5.48. The zero-order valence-electron chi connectivity index (χ0n) is 13.4. The van der Waals surface area contributed by atoms with Gasteiger partial charge >= 0.3 is 6.09 Å². The van der Waals surface area contributed by atoms with Crippen molar-refractivity contribution < 1.29 is 14.3 Å². The average molecular weight is 342 g/mol. The number of hydrogen-bond donors (Lipinski definition) is 4. The lowest BCUT2D eigenvalue weighted by Gasteiger charge is -2.11. The van der Waals surface area contributed by atoms with Crippen LogP contribution in [-0.4, -0.2) is 41.2 Å². The molecule has 0 bridgehead atoms. The fourth-order valence-corrected chi connectivity index (χ4v) is 2.32. The Kier molecular flexibility index (Phi) is 5.05. The Bertz CT molecular complexity index is 759. The van der Waals surface area contributed by atoms with Crippen molar-refractivity contribution in [2.75, 3.05) is 29.5 Å². The molecule has 1 aliphatic heterocycles. The zero-order chi connectivity index (χ0) is 17.6. The number of aromatic nitrogens is 2. The fourth-order valence-electron chi connectivity index (χ4n) is 2.32. The van der Waals surface area contributed by atoms with Crippen LogP contribution in [0.3, 0.4) is 0 Å². The smallest absolute Gasteiger partial charge is 0.414 e. The highest BCUT2D eigenvalue weighted by Gasteiger charge is 2.19. The van der Waals surface area contributed by atoms with Gasteiger partial charge < -0.3 is 21.1 Å². The molecule has 1 atom stereocenters. The summed E-state index contributed by atoms with van der Waals surface area (Å²) in [6.45, 7) is 1.46. The van der Waals surface area contributed by atoms with E-state index in [-0.39, 0.29) is 17.6 Å². The van der Waals surface area contributed by atoms with Crippen molar-refractivity contribution in [3.63, 3.8) is 0 Å². The molecular formula is C16H18N6O3. The van der Waals surface area contributed by atoms with Gasteiger partial charge in [0.2, 0.25) is 5.95 Å². The molecule has 1 fully saturated rings. The van der Waals surface area contributed by atoms with E-state index in [9.17, 15) is 9.59 Å². The highest BCUT2D eigenvalue weighted by Crippen LogP contribution is 2.17. The highest BCUT2D eigenvalue weighted by atomic mass is 16.6. The first-order chi connectivity index (χ1) is 12.1. The minimum absolute atomic E-state index is 0.0618. The first-order valence-electron chi connectivity index (χ1n) is 7.78. The van der Waals surface area contributed by atoms with Crippen LogP contribution in [0.4, 0.5) is 22.1 Å². The van der Waals surface area contributed by atoms with E-state index in [1.165, 1.54) is 12.4 Å². The van der Waals surface area contributed by atoms with Gasteiger partial charge in [-0.3, -0.25) is 10.1 Å². The first-order valence-corrected chi connectivity index (χ1v) is 7.78. The van der Waals surface area contributed by atoms with Gasteiger partial charge in [-0.25, -0.2) is 14.8 Å². The number of ether oxygens (including phenoxy) is 1. The predicted molar refractivity (Wildman–Crippen MR) is 92.2 cm³/mol. The number of rotatable bonds is 4. The van der Waals surface area contributed by atoms with Crippen LogP contribution in [0.25, 0.3) is 0 Å². The van der Waals surface area contributed by atoms with Crippen LogP contribution in [0.15, 0.2) is 36.7 Å². The van der Waals surface area contributed by atoms with Crippen LogP contribution >= 0.6 is 0 Å². The Labute approximate surface area is 144 Å². The summed E-state index contributed by atoms with van der Waals surface area (Å²) in [5.41, 5.74) is 6.98. The SMILES string of the molecule is Nc1ccccc1NC(=O)c1cnc(NC(=O)OC2CCNC2)nc1. The maximum atomic E-state index is 12.2. The molecule has 2 heterocycles. The van der Waals surface area contributed by atoms with Gasteiger partial charge in [-0.2, -0.15) is 0 Å². The molecule has 1 aliphatic rings. The third-order valence-electron chi connectivity index (χ3n) is 3.63. The number of nitrogen functional groups attached to an aromatic ring is 1. The van der Waals surface area contributed by atoms with Crippen LogP contribution < -0.4 is 21.7 Å². The van der Waals surface area contributed by atoms with Gasteiger partial charge in [-0.1, -0.05) is 12.1 Å². The summed E-state index contributed by atoms with van der Waals surface area (Å²) in [5, 5.41) is 8.20. The molecule has 1 aromatic heterocycles. The third kappa shape index (κ3) is 4.42. The number of hydrogen-bond acceptors (Lipinski definition) is 7. The van der Waals surface area contributed by atoms with Crippen molar-refractivity contribution in [2.24, 2.45) is 0 Å². The molecule has 0 saturated carbocycles. The number of carbonyl (C=O) groups excluding carboxylic acids is 2. The Hall–Kier alpha value is -3.20. The average Bonchev–Trinajstić information content (AvgIpc) is 3.10. The molecule has 25 heavy (non-hydrogen) atoms. The van der Waals surface area contributed by atoms with Gasteiger partial charge in [0, 0.05) is 18.9 Å². The number of benzene rings is 1. The molecule has 5 N–H and O–H groups in total. The first kappa shape index (κ1) is 16.7. The maximum Gasteiger partial charge on any atom is 0.414 e. The molecule has 3 rings (SSSR count). The Morgan fingerprint density at radius 1 is 1.20 bits per heavy atom. The largest absolute Gasteiger partial charge is 0.445 e. The summed E-state index contributed by atoms with van der Waals surface area (Å²) in [5.74, 6) is -0.337. The van der Waals surface area contributed by atoms with Gasteiger partial charge in [-0.05, 0) is 25.1 Å². The second-order valence-electron chi connectivity index (χ2n) is 5.48. The molecule has 9 heteroatoms. The molecule has 1 aromatic carbocycles. The lowest BCUT2D eigenvalue weighted by atomic mass is 10.2. The molecule has 9 nitrogen and oxygen atoms in total. The van der Waals surface area contributed by atoms with Crippen LogP contribution in [0.2, 0.25) is 0 Å². The van der Waals surface area contributed by atoms with Gasteiger partial charge in [-0.15, -0.1) is 0 Å². The van der Waals surface area contributed by atoms with E-state index < -0.39 is 12.0 Å². The number of carbonyl (C=O) groups is 2. The van der Waals surface area contributed by atoms with Crippen molar-refractivity contribution in [1.29, 1.82) is 0 Å². The van der Waals surface area contributed by atoms with Crippen molar-refractivity contribution in [3.8, 4) is 0 Å². The standard InChI is InChI=1S/C16H18N6O3/c17-12-3-1-2-4-13(12)21-14(23)10-7-19-15(20-8-10)22-16(24)25-11-5-6-18-9-11/h1-4,7-8,11,18H,5-6,9,17H2,(H,21,23)(H,19,20,22,24). The summed E-state index contributed by atoms with van der Waals surface area (Å²) in [7, 11) is 0. The Morgan fingerprint density at radius 2 is 1.96 bits per heavy atom. The maximum absolute atomic E-state index is 12.2. The molecule has 2 aromatic rings. The molecular weight excluding hydrogens is 324 g/mol. The quantitative estimate of drug-likeness (QED) is 0.614. The van der Waals surface area contributed by atoms with E-state index in [0.717, 1.165) is 13.0 Å². The van der Waals surface area contributed by atoms with E-state index in [4.69, 9.17) is 10.5 Å². The number of anilines is 3. The van der Waals surface area contributed by atoms with E-state index in [1.54, 1.807) is 24.3 Å². The van der Waals surface area contributed by atoms with Gasteiger partial charge in [0.05, 0.1) is 16.9 Å². The van der Waals surface area contributed by atoms with Crippen LogP contribution in [0, 0.1) is 0 Å². The van der Waals surface area contributed by atoms with E-state index >= 15 is 0 Å². The molecule has 0 spiro atoms. The van der Waals surface area contributed by atoms with E-state index in [2.05, 4.69) is 25.9 Å². The number of nitrogens with zero attached hydrogens (tertiary/aromatic N) is 2. The summed E-state index contributed by atoms with van der Waals surface area (Å²) in [6, 6.07) is 6.92. The molecule has 1 unspecified atom stereocenters. The van der Waals surface area contributed by atoms with Crippen molar-refractivity contribution in [2.45, 2.75) is 12.5 Å². The van der Waals surface area contributed by atoms with Gasteiger partial charge in [0.25, 0.3) is 5.91 Å². The summed E-state index contributed by atoms with van der Waals surface area (Å²) in [6.07, 6.45) is 2.63. The molecule has 130 valence electrons. The number of para-hydroxylation sites is 2.